The van der Waals surface area contributed by atoms with Crippen molar-refractivity contribution < 1.29 is 18.3 Å². The second kappa shape index (κ2) is 9.72. The molecule has 0 bridgehead atoms. The molecule has 1 atom stereocenters. The lowest BCUT2D eigenvalue weighted by Gasteiger charge is -2.23. The fourth-order valence-corrected chi connectivity index (χ4v) is 3.95. The summed E-state index contributed by atoms with van der Waals surface area (Å²) in [7, 11) is 0. The van der Waals surface area contributed by atoms with Crippen LogP contribution in [0.1, 0.15) is 37.0 Å². The molecule has 2 N–H and O–H groups in total. The van der Waals surface area contributed by atoms with E-state index in [9.17, 15) is 18.3 Å². The molecule has 0 radical (unpaired) electrons. The van der Waals surface area contributed by atoms with Gasteiger partial charge in [-0.05, 0) is 50.6 Å². The zero-order valence-corrected chi connectivity index (χ0v) is 20.3. The number of benzene rings is 2. The highest BCUT2D eigenvalue weighted by atomic mass is 35.5. The van der Waals surface area contributed by atoms with Crippen LogP contribution in [0.5, 0.6) is 0 Å². The number of nitrogens with zero attached hydrogens (tertiary/aromatic N) is 4. The van der Waals surface area contributed by atoms with Crippen molar-refractivity contribution in [1.29, 1.82) is 0 Å². The van der Waals surface area contributed by atoms with E-state index in [1.54, 1.807) is 51.4 Å². The first-order valence-electron chi connectivity index (χ1n) is 10.9. The molecule has 0 amide bonds. The summed E-state index contributed by atoms with van der Waals surface area (Å²) in [5.41, 5.74) is 0.812. The Morgan fingerprint density at radius 2 is 1.78 bits per heavy atom. The second-order valence-electron chi connectivity index (χ2n) is 8.75. The van der Waals surface area contributed by atoms with Crippen LogP contribution in [0.15, 0.2) is 48.8 Å². The Balaban J connectivity index is 1.84. The van der Waals surface area contributed by atoms with E-state index in [1.807, 2.05) is 0 Å². The van der Waals surface area contributed by atoms with Crippen molar-refractivity contribution in [3.8, 4) is 11.1 Å². The van der Waals surface area contributed by atoms with Gasteiger partial charge in [0.05, 0.1) is 28.5 Å². The first-order chi connectivity index (χ1) is 17.0. The third-order valence-corrected chi connectivity index (χ3v) is 6.08. The molecule has 0 aliphatic carbocycles. The maximum atomic E-state index is 14.6. The molecule has 0 unspecified atom stereocenters. The molecule has 0 fully saturated rings. The maximum absolute atomic E-state index is 14.6. The molecule has 0 saturated carbocycles. The number of fused-ring (bicyclic) bond motifs is 1. The molecule has 0 aliphatic heterocycles. The van der Waals surface area contributed by atoms with E-state index in [0.29, 0.717) is 27.7 Å². The Labute approximate surface area is 210 Å². The first kappa shape index (κ1) is 25.4. The van der Waals surface area contributed by atoms with Gasteiger partial charge in [0.2, 0.25) is 0 Å². The largest absolute Gasteiger partial charge is 0.382 e. The molecular formula is C26H21ClF3N5O. The van der Waals surface area contributed by atoms with Gasteiger partial charge in [0.25, 0.3) is 6.43 Å². The van der Waals surface area contributed by atoms with Crippen LogP contribution in [0.4, 0.5) is 24.5 Å². The van der Waals surface area contributed by atoms with Crippen LogP contribution in [0.2, 0.25) is 5.02 Å². The highest BCUT2D eigenvalue weighted by Crippen LogP contribution is 2.39. The molecule has 2 heterocycles. The van der Waals surface area contributed by atoms with Crippen molar-refractivity contribution in [2.45, 2.75) is 38.8 Å². The molecule has 0 saturated heterocycles. The number of halogens is 4. The molecule has 4 aromatic rings. The third-order valence-electron chi connectivity index (χ3n) is 5.62. The standard InChI is InChI=1S/C26H21ClF3N5O/c1-13-21(27)22(35-23(24(29)30)17-10-16(31-4)6-7-19(17)28)18-9-14(5-8-20(18)34-13)15-11-32-25(33-12-15)26(2,3)36/h5-12,23-24,36H,1-3H3,(H,34,35)/t23-/m0/s1. The summed E-state index contributed by atoms with van der Waals surface area (Å²) in [6.07, 6.45) is 0.0849. The molecule has 2 aromatic carbocycles. The average molecular weight is 512 g/mol. The number of anilines is 1. The van der Waals surface area contributed by atoms with Crippen molar-refractivity contribution in [3.63, 3.8) is 0 Å². The number of rotatable bonds is 6. The average Bonchev–Trinajstić information content (AvgIpc) is 2.84. The minimum absolute atomic E-state index is 0.0394. The topological polar surface area (TPSA) is 75.3 Å². The molecule has 0 spiro atoms. The van der Waals surface area contributed by atoms with Crippen molar-refractivity contribution in [3.05, 3.63) is 88.1 Å². The summed E-state index contributed by atoms with van der Waals surface area (Å²) in [6, 6.07) is 6.74. The molecule has 36 heavy (non-hydrogen) atoms. The van der Waals surface area contributed by atoms with Crippen LogP contribution in [0, 0.1) is 19.3 Å². The van der Waals surface area contributed by atoms with Gasteiger partial charge in [-0.2, -0.15) is 0 Å². The third kappa shape index (κ3) is 4.96. The Morgan fingerprint density at radius 1 is 1.08 bits per heavy atom. The van der Waals surface area contributed by atoms with Gasteiger partial charge in [0, 0.05) is 28.9 Å². The van der Waals surface area contributed by atoms with Gasteiger partial charge in [-0.15, -0.1) is 0 Å². The van der Waals surface area contributed by atoms with E-state index in [1.165, 1.54) is 6.07 Å². The fraction of sp³-hybridized carbons (Fsp3) is 0.231. The van der Waals surface area contributed by atoms with Gasteiger partial charge in [-0.1, -0.05) is 23.7 Å². The summed E-state index contributed by atoms with van der Waals surface area (Å²) in [5.74, 6) is -0.616. The van der Waals surface area contributed by atoms with Gasteiger partial charge in [-0.3, -0.25) is 4.98 Å². The lowest BCUT2D eigenvalue weighted by molar-refractivity contribution is 0.0687. The highest BCUT2D eigenvalue weighted by Gasteiger charge is 2.28. The fourth-order valence-electron chi connectivity index (χ4n) is 3.75. The van der Waals surface area contributed by atoms with Crippen LogP contribution in [-0.4, -0.2) is 26.5 Å². The monoisotopic (exact) mass is 511 g/mol. The number of aromatic nitrogens is 3. The second-order valence-corrected chi connectivity index (χ2v) is 9.12. The predicted molar refractivity (Wildman–Crippen MR) is 133 cm³/mol. The molecule has 2 aromatic heterocycles. The van der Waals surface area contributed by atoms with E-state index in [2.05, 4.69) is 25.1 Å². The molecule has 6 nitrogen and oxygen atoms in total. The number of aryl methyl sites for hydroxylation is 1. The summed E-state index contributed by atoms with van der Waals surface area (Å²) in [4.78, 5) is 16.1. The highest BCUT2D eigenvalue weighted by molar-refractivity contribution is 6.35. The molecular weight excluding hydrogens is 491 g/mol. The summed E-state index contributed by atoms with van der Waals surface area (Å²) < 4.78 is 43.0. The number of hydrogen-bond donors (Lipinski definition) is 2. The zero-order chi connectivity index (χ0) is 26.2. The van der Waals surface area contributed by atoms with E-state index in [0.717, 1.165) is 12.1 Å². The van der Waals surface area contributed by atoms with E-state index in [4.69, 9.17) is 18.2 Å². The van der Waals surface area contributed by atoms with Crippen LogP contribution in [0.25, 0.3) is 26.9 Å². The van der Waals surface area contributed by atoms with E-state index >= 15 is 0 Å². The van der Waals surface area contributed by atoms with Gasteiger partial charge >= 0.3 is 0 Å². The molecule has 10 heteroatoms. The number of hydrogen-bond acceptors (Lipinski definition) is 5. The zero-order valence-electron chi connectivity index (χ0n) is 19.5. The quantitative estimate of drug-likeness (QED) is 0.273. The van der Waals surface area contributed by atoms with Crippen LogP contribution in [-0.2, 0) is 5.60 Å². The maximum Gasteiger partial charge on any atom is 0.262 e. The van der Waals surface area contributed by atoms with Crippen molar-refractivity contribution in [1.82, 2.24) is 15.0 Å². The lowest BCUT2D eigenvalue weighted by Crippen LogP contribution is -2.21. The summed E-state index contributed by atoms with van der Waals surface area (Å²) in [5, 5.41) is 13.4. The Morgan fingerprint density at radius 3 is 2.39 bits per heavy atom. The van der Waals surface area contributed by atoms with Crippen LogP contribution in [0.3, 0.4) is 0 Å². The van der Waals surface area contributed by atoms with Crippen molar-refractivity contribution in [2.24, 2.45) is 0 Å². The summed E-state index contributed by atoms with van der Waals surface area (Å²) in [6.45, 7) is 11.9. The first-order valence-corrected chi connectivity index (χ1v) is 11.2. The summed E-state index contributed by atoms with van der Waals surface area (Å²) >= 11 is 6.51. The minimum Gasteiger partial charge on any atom is -0.382 e. The van der Waals surface area contributed by atoms with Crippen LogP contribution >= 0.6 is 11.6 Å². The van der Waals surface area contributed by atoms with E-state index < -0.39 is 23.9 Å². The van der Waals surface area contributed by atoms with Gasteiger partial charge in [0.15, 0.2) is 11.5 Å². The number of alkyl halides is 2. The van der Waals surface area contributed by atoms with Crippen molar-refractivity contribution >= 4 is 33.9 Å². The Hall–Kier alpha value is -3.74. The van der Waals surface area contributed by atoms with Gasteiger partial charge in [0.1, 0.15) is 17.5 Å². The Bertz CT molecular complexity index is 1480. The van der Waals surface area contributed by atoms with E-state index in [-0.39, 0.29) is 27.8 Å². The van der Waals surface area contributed by atoms with Gasteiger partial charge < -0.3 is 10.4 Å². The number of aliphatic hydroxyl groups is 1. The number of pyridine rings is 1. The minimum atomic E-state index is -3.01. The normalized spacial score (nSPS) is 12.6. The molecule has 0 aliphatic rings. The molecule has 4 rings (SSSR count). The van der Waals surface area contributed by atoms with Crippen LogP contribution < -0.4 is 5.32 Å². The predicted octanol–water partition coefficient (Wildman–Crippen LogP) is 6.99. The Kier molecular flexibility index (Phi) is 6.85. The number of nitrogens with one attached hydrogen (secondary N) is 1. The van der Waals surface area contributed by atoms with Crippen molar-refractivity contribution in [2.75, 3.05) is 5.32 Å². The van der Waals surface area contributed by atoms with Gasteiger partial charge in [-0.25, -0.2) is 28.0 Å². The SMILES string of the molecule is [C-]#[N+]c1ccc(F)c([C@H](Nc2c(Cl)c(C)nc3ccc(-c4cnc(C(C)(C)O)nc4)cc23)C(F)F)c1. The molecule has 184 valence electrons. The smallest absolute Gasteiger partial charge is 0.262 e. The lowest BCUT2D eigenvalue weighted by atomic mass is 10.0.